The maximum Gasteiger partial charge on any atom is 0.357 e. The quantitative estimate of drug-likeness (QED) is 0.228. The molecule has 0 amide bonds. The molecule has 4 aromatic rings. The first-order chi connectivity index (χ1) is 18.4. The maximum atomic E-state index is 12.0. The highest BCUT2D eigenvalue weighted by molar-refractivity contribution is 6.44. The van der Waals surface area contributed by atoms with E-state index in [2.05, 4.69) is 9.97 Å². The number of ether oxygens (including phenoxy) is 1. The molecule has 4 rings (SSSR count). The van der Waals surface area contributed by atoms with Crippen LogP contribution in [0.5, 0.6) is 0 Å². The molecule has 0 aliphatic heterocycles. The molecule has 0 bridgehead atoms. The van der Waals surface area contributed by atoms with E-state index < -0.39 is 11.9 Å². The molecule has 0 spiro atoms. The van der Waals surface area contributed by atoms with Gasteiger partial charge in [0.1, 0.15) is 5.69 Å². The molecule has 0 atom stereocenters. The molecule has 0 radical (unpaired) electrons. The number of halogens is 4. The van der Waals surface area contributed by atoms with Gasteiger partial charge in [0, 0.05) is 11.1 Å². The first-order valence-electron chi connectivity index (χ1n) is 11.7. The van der Waals surface area contributed by atoms with Gasteiger partial charge in [0.15, 0.2) is 5.69 Å². The van der Waals surface area contributed by atoms with Crippen molar-refractivity contribution in [3.05, 3.63) is 103 Å². The van der Waals surface area contributed by atoms with Crippen molar-refractivity contribution >= 4 is 58.3 Å². The molecule has 39 heavy (non-hydrogen) atoms. The van der Waals surface area contributed by atoms with Crippen LogP contribution in [-0.2, 0) is 4.74 Å². The van der Waals surface area contributed by atoms with Gasteiger partial charge in [0.2, 0.25) is 0 Å². The summed E-state index contributed by atoms with van der Waals surface area (Å²) in [7, 11) is 0. The Kier molecular flexibility index (Phi) is 10.3. The minimum atomic E-state index is -1.14. The Bertz CT molecular complexity index is 1510. The summed E-state index contributed by atoms with van der Waals surface area (Å²) < 4.78 is 5.14. The van der Waals surface area contributed by atoms with Crippen LogP contribution >= 0.6 is 46.4 Å². The highest BCUT2D eigenvalue weighted by Crippen LogP contribution is 2.34. The van der Waals surface area contributed by atoms with E-state index in [1.165, 1.54) is 12.1 Å². The normalized spacial score (nSPS) is 10.6. The van der Waals surface area contributed by atoms with Crippen molar-refractivity contribution in [1.82, 2.24) is 9.97 Å². The lowest BCUT2D eigenvalue weighted by molar-refractivity contribution is 0.0370. The summed E-state index contributed by atoms with van der Waals surface area (Å²) in [4.78, 5) is 31.2. The Balaban J connectivity index is 0.000000218. The summed E-state index contributed by atoms with van der Waals surface area (Å²) in [6.45, 7) is 7.49. The van der Waals surface area contributed by atoms with Gasteiger partial charge in [0.05, 0.1) is 37.6 Å². The van der Waals surface area contributed by atoms with Crippen molar-refractivity contribution in [2.75, 3.05) is 0 Å². The molecule has 202 valence electrons. The molecule has 6 nitrogen and oxygen atoms in total. The maximum absolute atomic E-state index is 12.0. The minimum Gasteiger partial charge on any atom is -0.477 e. The number of carbonyl (C=O) groups is 2. The van der Waals surface area contributed by atoms with E-state index in [0.717, 1.165) is 22.3 Å². The second kappa shape index (κ2) is 13.3. The number of aromatic nitrogens is 2. The van der Waals surface area contributed by atoms with Crippen LogP contribution in [0.3, 0.4) is 0 Å². The van der Waals surface area contributed by atoms with Crippen LogP contribution in [0.2, 0.25) is 20.1 Å². The highest BCUT2D eigenvalue weighted by Gasteiger charge is 2.18. The van der Waals surface area contributed by atoms with Crippen LogP contribution in [0.4, 0.5) is 0 Å². The molecular weight excluding hydrogens is 582 g/mol. The molecule has 2 heterocycles. The van der Waals surface area contributed by atoms with Gasteiger partial charge in [-0.3, -0.25) is 0 Å². The third kappa shape index (κ3) is 7.93. The fourth-order valence-corrected chi connectivity index (χ4v) is 4.09. The zero-order valence-electron chi connectivity index (χ0n) is 21.4. The average Bonchev–Trinajstić information content (AvgIpc) is 2.88. The summed E-state index contributed by atoms with van der Waals surface area (Å²) >= 11 is 24.3. The second-order valence-corrected chi connectivity index (χ2v) is 10.4. The van der Waals surface area contributed by atoms with E-state index in [-0.39, 0.29) is 32.6 Å². The van der Waals surface area contributed by atoms with Crippen LogP contribution < -0.4 is 0 Å². The minimum absolute atomic E-state index is 0.125. The van der Waals surface area contributed by atoms with Crippen molar-refractivity contribution in [2.45, 2.75) is 33.8 Å². The SMILES string of the molecule is Cc1ccc(-c2nc(C(=O)O)cc(Cl)c2Cl)cc1.Cc1ccc(-c2nc(C(=O)OC(C)C)cc(Cl)c2Cl)cc1. The number of hydrogen-bond acceptors (Lipinski definition) is 5. The average molecular weight is 606 g/mol. The number of pyridine rings is 2. The van der Waals surface area contributed by atoms with E-state index >= 15 is 0 Å². The lowest BCUT2D eigenvalue weighted by atomic mass is 10.1. The van der Waals surface area contributed by atoms with Crippen LogP contribution in [0.1, 0.15) is 46.0 Å². The zero-order chi connectivity index (χ0) is 28.9. The number of nitrogens with zero attached hydrogens (tertiary/aromatic N) is 2. The van der Waals surface area contributed by atoms with Gasteiger partial charge >= 0.3 is 11.9 Å². The van der Waals surface area contributed by atoms with Gasteiger partial charge < -0.3 is 9.84 Å². The predicted octanol–water partition coefficient (Wildman–Crippen LogP) is 8.99. The van der Waals surface area contributed by atoms with Crippen LogP contribution in [0.15, 0.2) is 60.7 Å². The van der Waals surface area contributed by atoms with E-state index in [0.29, 0.717) is 16.4 Å². The highest BCUT2D eigenvalue weighted by atomic mass is 35.5. The smallest absolute Gasteiger partial charge is 0.357 e. The number of rotatable bonds is 5. The Morgan fingerprint density at radius 1 is 0.718 bits per heavy atom. The lowest BCUT2D eigenvalue weighted by Gasteiger charge is -2.11. The van der Waals surface area contributed by atoms with Crippen molar-refractivity contribution < 1.29 is 19.4 Å². The number of aryl methyl sites for hydroxylation is 2. The second-order valence-electron chi connectivity index (χ2n) is 8.80. The van der Waals surface area contributed by atoms with Crippen molar-refractivity contribution in [2.24, 2.45) is 0 Å². The Morgan fingerprint density at radius 2 is 1.10 bits per heavy atom. The van der Waals surface area contributed by atoms with E-state index in [9.17, 15) is 9.59 Å². The molecule has 10 heteroatoms. The third-order valence-electron chi connectivity index (χ3n) is 5.25. The fourth-order valence-electron chi connectivity index (χ4n) is 3.29. The molecule has 2 aromatic carbocycles. The molecule has 1 N–H and O–H groups in total. The fraction of sp³-hybridized carbons (Fsp3) is 0.172. The molecule has 0 saturated heterocycles. The van der Waals surface area contributed by atoms with Gasteiger partial charge in [-0.15, -0.1) is 0 Å². The van der Waals surface area contributed by atoms with Crippen molar-refractivity contribution in [3.63, 3.8) is 0 Å². The topological polar surface area (TPSA) is 89.4 Å². The van der Waals surface area contributed by atoms with E-state index in [1.807, 2.05) is 62.4 Å². The summed E-state index contributed by atoms with van der Waals surface area (Å²) in [5, 5.41) is 9.98. The first-order valence-corrected chi connectivity index (χ1v) is 13.2. The summed E-state index contributed by atoms with van der Waals surface area (Å²) in [5.74, 6) is -1.65. The number of carbonyl (C=O) groups excluding carboxylic acids is 1. The molecule has 0 aliphatic carbocycles. The van der Waals surface area contributed by atoms with E-state index in [1.54, 1.807) is 13.8 Å². The van der Waals surface area contributed by atoms with Gasteiger partial charge in [-0.2, -0.15) is 0 Å². The molecule has 0 saturated carbocycles. The van der Waals surface area contributed by atoms with Crippen LogP contribution in [-0.4, -0.2) is 33.1 Å². The van der Waals surface area contributed by atoms with E-state index in [4.69, 9.17) is 56.2 Å². The number of benzene rings is 2. The summed E-state index contributed by atoms with van der Waals surface area (Å²) in [6, 6.07) is 17.8. The number of esters is 1. The summed E-state index contributed by atoms with van der Waals surface area (Å²) in [5.41, 5.74) is 4.61. The lowest BCUT2D eigenvalue weighted by Crippen LogP contribution is -2.13. The molecule has 2 aromatic heterocycles. The standard InChI is InChI=1S/C16H15Cl2NO2.C13H9Cl2NO2/c1-9(2)21-16(20)13-8-12(17)14(18)15(19-13)11-6-4-10(3)5-7-11;1-7-2-4-8(5-3-7)12-11(15)9(14)6-10(16-12)13(17)18/h4-9H,1-3H3;2-6H,1H3,(H,17,18). The monoisotopic (exact) mass is 604 g/mol. The predicted molar refractivity (Wildman–Crippen MR) is 156 cm³/mol. The van der Waals surface area contributed by atoms with Crippen molar-refractivity contribution in [1.29, 1.82) is 0 Å². The molecular formula is C29H24Cl4N2O4. The largest absolute Gasteiger partial charge is 0.477 e. The van der Waals surface area contributed by atoms with Crippen LogP contribution in [0, 0.1) is 13.8 Å². The number of hydrogen-bond donors (Lipinski definition) is 1. The summed E-state index contributed by atoms with van der Waals surface area (Å²) in [6.07, 6.45) is -0.225. The zero-order valence-corrected chi connectivity index (χ0v) is 24.5. The van der Waals surface area contributed by atoms with Gasteiger partial charge in [-0.1, -0.05) is 106 Å². The third-order valence-corrected chi connectivity index (χ3v) is 6.80. The molecule has 0 aliphatic rings. The van der Waals surface area contributed by atoms with Gasteiger partial charge in [-0.25, -0.2) is 19.6 Å². The number of carboxylic acids is 1. The Labute approximate surface area is 246 Å². The van der Waals surface area contributed by atoms with Crippen molar-refractivity contribution in [3.8, 4) is 22.5 Å². The Hall–Kier alpha value is -3.16. The van der Waals surface area contributed by atoms with Gasteiger partial charge in [-0.05, 0) is 39.8 Å². The first kappa shape index (κ1) is 30.4. The number of aromatic carboxylic acids is 1. The molecule has 0 unspecified atom stereocenters. The number of carboxylic acid groups (broad SMARTS) is 1. The molecule has 0 fully saturated rings. The van der Waals surface area contributed by atoms with Crippen LogP contribution in [0.25, 0.3) is 22.5 Å². The van der Waals surface area contributed by atoms with Gasteiger partial charge in [0.25, 0.3) is 0 Å². The Morgan fingerprint density at radius 3 is 1.49 bits per heavy atom.